The monoisotopic (exact) mass is 366 g/mol. The summed E-state index contributed by atoms with van der Waals surface area (Å²) >= 11 is 0. The van der Waals surface area contributed by atoms with Crippen molar-refractivity contribution in [2.24, 2.45) is 4.99 Å². The lowest BCUT2D eigenvalue weighted by molar-refractivity contribution is 0.0965. The molecule has 1 atom stereocenters. The lowest BCUT2D eigenvalue weighted by atomic mass is 10.0. The van der Waals surface area contributed by atoms with E-state index in [1.165, 1.54) is 0 Å². The van der Waals surface area contributed by atoms with E-state index in [0.29, 0.717) is 17.3 Å². The van der Waals surface area contributed by atoms with E-state index >= 15 is 0 Å². The summed E-state index contributed by atoms with van der Waals surface area (Å²) in [4.78, 5) is 22.1. The molecule has 5 heteroatoms. The number of carbonyl (C=O) groups excluding carboxylic acids is 1. The third-order valence-electron chi connectivity index (χ3n) is 4.97. The van der Waals surface area contributed by atoms with Gasteiger partial charge in [0.2, 0.25) is 5.78 Å². The van der Waals surface area contributed by atoms with Gasteiger partial charge in [-0.05, 0) is 30.2 Å². The maximum atomic E-state index is 12.9. The van der Waals surface area contributed by atoms with Gasteiger partial charge in [0.25, 0.3) is 0 Å². The molecule has 0 amide bonds. The van der Waals surface area contributed by atoms with Crippen molar-refractivity contribution in [3.63, 3.8) is 0 Å². The van der Waals surface area contributed by atoms with Crippen molar-refractivity contribution in [2.75, 3.05) is 5.32 Å². The Kier molecular flexibility index (Phi) is 3.79. The summed E-state index contributed by atoms with van der Waals surface area (Å²) in [6.45, 7) is 1.82. The van der Waals surface area contributed by atoms with Crippen LogP contribution in [-0.4, -0.2) is 27.0 Å². The van der Waals surface area contributed by atoms with E-state index in [0.717, 1.165) is 22.3 Å². The highest BCUT2D eigenvalue weighted by atomic mass is 16.1. The van der Waals surface area contributed by atoms with Gasteiger partial charge in [-0.2, -0.15) is 0 Å². The third kappa shape index (κ3) is 2.68. The number of Topliss-reactive ketones (excluding diaryl/α,β-unsaturated/α-hetero) is 1. The molecule has 1 aliphatic heterocycles. The van der Waals surface area contributed by atoms with E-state index in [2.05, 4.69) is 39.6 Å². The topological polar surface area (TPSA) is 58.8 Å². The van der Waals surface area contributed by atoms with Crippen LogP contribution in [0.25, 0.3) is 16.8 Å². The van der Waals surface area contributed by atoms with E-state index < -0.39 is 6.04 Å². The standard InChI is InChI=1S/C23H18N4O/c1-15-21(28)20-23(25-19-9-5-6-14-27(19)20)26-22(24-15)18-12-10-17(11-13-18)16-7-3-2-4-8-16/h2-15H,1H3,(H,24,26)/t15-/m0/s1. The highest BCUT2D eigenvalue weighted by molar-refractivity contribution is 6.15. The fraction of sp³-hybridized carbons (Fsp3) is 0.0870. The molecular formula is C23H18N4O. The van der Waals surface area contributed by atoms with Crippen molar-refractivity contribution >= 4 is 23.1 Å². The molecule has 0 saturated heterocycles. The van der Waals surface area contributed by atoms with E-state index in [1.54, 1.807) is 0 Å². The number of aliphatic imine (C=N–C) groups is 1. The molecule has 4 aromatic rings. The lowest BCUT2D eigenvalue weighted by Crippen LogP contribution is -2.17. The maximum absolute atomic E-state index is 12.9. The summed E-state index contributed by atoms with van der Waals surface area (Å²) in [5, 5.41) is 3.28. The third-order valence-corrected chi connectivity index (χ3v) is 4.97. The normalized spacial score (nSPS) is 16.2. The Morgan fingerprint density at radius 3 is 2.32 bits per heavy atom. The van der Waals surface area contributed by atoms with Crippen molar-refractivity contribution in [1.29, 1.82) is 0 Å². The van der Waals surface area contributed by atoms with E-state index in [1.807, 2.05) is 66.1 Å². The Morgan fingerprint density at radius 1 is 0.857 bits per heavy atom. The van der Waals surface area contributed by atoms with Crippen LogP contribution in [0, 0.1) is 0 Å². The number of nitrogens with one attached hydrogen (secondary N) is 1. The predicted octanol–water partition coefficient (Wildman–Crippen LogP) is 4.44. The molecule has 3 heterocycles. The molecule has 0 spiro atoms. The Hall–Kier alpha value is -3.73. The molecule has 5 nitrogen and oxygen atoms in total. The molecule has 28 heavy (non-hydrogen) atoms. The summed E-state index contributed by atoms with van der Waals surface area (Å²) in [7, 11) is 0. The number of nitrogens with zero attached hydrogens (tertiary/aromatic N) is 3. The maximum Gasteiger partial charge on any atom is 0.207 e. The van der Waals surface area contributed by atoms with E-state index in [9.17, 15) is 4.79 Å². The first kappa shape index (κ1) is 16.4. The van der Waals surface area contributed by atoms with Crippen molar-refractivity contribution < 1.29 is 4.79 Å². The Morgan fingerprint density at radius 2 is 1.54 bits per heavy atom. The number of fused-ring (bicyclic) bond motifs is 3. The first-order chi connectivity index (χ1) is 13.7. The SMILES string of the molecule is C[C@@H]1N=C(c2ccc(-c3ccccc3)cc2)Nc2nc3ccccn3c2C1=O. The number of carbonyl (C=O) groups is 1. The number of hydrogen-bond acceptors (Lipinski definition) is 4. The van der Waals surface area contributed by atoms with Gasteiger partial charge in [0.05, 0.1) is 0 Å². The van der Waals surface area contributed by atoms with Gasteiger partial charge in [-0.25, -0.2) is 4.98 Å². The lowest BCUT2D eigenvalue weighted by Gasteiger charge is -2.09. The number of aromatic nitrogens is 2. The fourth-order valence-corrected chi connectivity index (χ4v) is 3.51. The molecule has 0 saturated carbocycles. The minimum atomic E-state index is -0.488. The van der Waals surface area contributed by atoms with Crippen LogP contribution in [0.5, 0.6) is 0 Å². The smallest absolute Gasteiger partial charge is 0.207 e. The summed E-state index contributed by atoms with van der Waals surface area (Å²) in [5.74, 6) is 1.16. The number of hydrogen-bond donors (Lipinski definition) is 1. The number of rotatable bonds is 2. The van der Waals surface area contributed by atoms with Crippen LogP contribution in [0.2, 0.25) is 0 Å². The number of amidine groups is 1. The van der Waals surface area contributed by atoms with Gasteiger partial charge in [0.1, 0.15) is 23.2 Å². The van der Waals surface area contributed by atoms with Crippen molar-refractivity contribution in [3.05, 3.63) is 90.3 Å². The zero-order valence-corrected chi connectivity index (χ0v) is 15.3. The summed E-state index contributed by atoms with van der Waals surface area (Å²) in [5.41, 5.74) is 4.50. The summed E-state index contributed by atoms with van der Waals surface area (Å²) < 4.78 is 1.82. The largest absolute Gasteiger partial charge is 0.323 e. The van der Waals surface area contributed by atoms with Gasteiger partial charge < -0.3 is 5.32 Å². The van der Waals surface area contributed by atoms with Gasteiger partial charge in [0, 0.05) is 11.8 Å². The Labute approximate surface area is 162 Å². The molecule has 0 bridgehead atoms. The number of anilines is 1. The first-order valence-electron chi connectivity index (χ1n) is 9.23. The molecule has 136 valence electrons. The first-order valence-corrected chi connectivity index (χ1v) is 9.23. The van der Waals surface area contributed by atoms with Crippen LogP contribution in [0.15, 0.2) is 84.0 Å². The molecule has 0 fully saturated rings. The number of ketones is 1. The number of imidazole rings is 1. The molecule has 1 N–H and O–H groups in total. The number of benzene rings is 2. The van der Waals surface area contributed by atoms with Gasteiger partial charge in [-0.15, -0.1) is 0 Å². The van der Waals surface area contributed by atoms with Crippen LogP contribution in [-0.2, 0) is 0 Å². The minimum absolute atomic E-state index is 0.0443. The van der Waals surface area contributed by atoms with Crippen LogP contribution >= 0.6 is 0 Å². The molecular weight excluding hydrogens is 348 g/mol. The average Bonchev–Trinajstić information content (AvgIpc) is 3.05. The van der Waals surface area contributed by atoms with Gasteiger partial charge >= 0.3 is 0 Å². The molecule has 0 radical (unpaired) electrons. The zero-order chi connectivity index (χ0) is 19.1. The van der Waals surface area contributed by atoms with Gasteiger partial charge in [0.15, 0.2) is 5.82 Å². The molecule has 5 rings (SSSR count). The van der Waals surface area contributed by atoms with Crippen LogP contribution in [0.4, 0.5) is 5.82 Å². The fourth-order valence-electron chi connectivity index (χ4n) is 3.51. The quantitative estimate of drug-likeness (QED) is 0.570. The van der Waals surface area contributed by atoms with E-state index in [-0.39, 0.29) is 5.78 Å². The summed E-state index contributed by atoms with van der Waals surface area (Å²) in [6.07, 6.45) is 1.85. The van der Waals surface area contributed by atoms with Gasteiger partial charge in [-0.3, -0.25) is 14.2 Å². The molecule has 1 aliphatic rings. The Balaban J connectivity index is 1.55. The van der Waals surface area contributed by atoms with Crippen LogP contribution < -0.4 is 5.32 Å². The van der Waals surface area contributed by atoms with Crippen molar-refractivity contribution in [1.82, 2.24) is 9.38 Å². The highest BCUT2D eigenvalue weighted by Gasteiger charge is 2.28. The van der Waals surface area contributed by atoms with Gasteiger partial charge in [-0.1, -0.05) is 60.7 Å². The molecule has 0 aliphatic carbocycles. The van der Waals surface area contributed by atoms with Crippen molar-refractivity contribution in [3.8, 4) is 11.1 Å². The molecule has 0 unspecified atom stereocenters. The Bertz CT molecular complexity index is 1210. The summed E-state index contributed by atoms with van der Waals surface area (Å²) in [6, 6.07) is 23.6. The highest BCUT2D eigenvalue weighted by Crippen LogP contribution is 2.25. The minimum Gasteiger partial charge on any atom is -0.323 e. The average molecular weight is 366 g/mol. The second kappa shape index (κ2) is 6.46. The zero-order valence-electron chi connectivity index (χ0n) is 15.3. The van der Waals surface area contributed by atoms with Crippen LogP contribution in [0.3, 0.4) is 0 Å². The van der Waals surface area contributed by atoms with Crippen molar-refractivity contribution in [2.45, 2.75) is 13.0 Å². The number of pyridine rings is 1. The molecule has 2 aromatic heterocycles. The second-order valence-corrected chi connectivity index (χ2v) is 6.82. The molecule has 2 aromatic carbocycles. The van der Waals surface area contributed by atoms with Crippen LogP contribution in [0.1, 0.15) is 23.0 Å². The predicted molar refractivity (Wildman–Crippen MR) is 111 cm³/mol. The van der Waals surface area contributed by atoms with E-state index in [4.69, 9.17) is 0 Å². The second-order valence-electron chi connectivity index (χ2n) is 6.82.